The van der Waals surface area contributed by atoms with Crippen LogP contribution in [-0.2, 0) is 9.59 Å². The number of aliphatic carboxylic acids is 1. The SMILES string of the molecule is CCN(CC(C)C(=O)O)C(=O)C=Cc1ccccc1Cl. The number of hydrogen-bond acceptors (Lipinski definition) is 2. The van der Waals surface area contributed by atoms with Crippen LogP contribution in [0.2, 0.25) is 5.02 Å². The van der Waals surface area contributed by atoms with Gasteiger partial charge in [-0.05, 0) is 24.6 Å². The predicted octanol–water partition coefficient (Wildman–Crippen LogP) is 2.92. The molecule has 0 fully saturated rings. The number of carboxylic acid groups (broad SMARTS) is 1. The van der Waals surface area contributed by atoms with Gasteiger partial charge >= 0.3 is 5.97 Å². The number of halogens is 1. The molecular formula is C15H18ClNO3. The Hall–Kier alpha value is -1.81. The van der Waals surface area contributed by atoms with Crippen LogP contribution < -0.4 is 0 Å². The molecule has 1 rings (SSSR count). The highest BCUT2D eigenvalue weighted by atomic mass is 35.5. The van der Waals surface area contributed by atoms with Crippen molar-refractivity contribution in [1.29, 1.82) is 0 Å². The fourth-order valence-electron chi connectivity index (χ4n) is 1.66. The summed E-state index contributed by atoms with van der Waals surface area (Å²) in [4.78, 5) is 24.3. The van der Waals surface area contributed by atoms with E-state index < -0.39 is 11.9 Å². The van der Waals surface area contributed by atoms with Gasteiger partial charge in [0.05, 0.1) is 5.92 Å². The van der Waals surface area contributed by atoms with E-state index in [0.29, 0.717) is 11.6 Å². The predicted molar refractivity (Wildman–Crippen MR) is 79.5 cm³/mol. The van der Waals surface area contributed by atoms with Crippen molar-refractivity contribution in [2.45, 2.75) is 13.8 Å². The Labute approximate surface area is 123 Å². The van der Waals surface area contributed by atoms with Crippen molar-refractivity contribution < 1.29 is 14.7 Å². The molecular weight excluding hydrogens is 278 g/mol. The third-order valence-corrected chi connectivity index (χ3v) is 3.26. The second-order valence-corrected chi connectivity index (χ2v) is 4.88. The van der Waals surface area contributed by atoms with Crippen molar-refractivity contribution in [1.82, 2.24) is 4.90 Å². The molecule has 0 aliphatic rings. The molecule has 1 unspecified atom stereocenters. The Bertz CT molecular complexity index is 514. The molecule has 0 saturated carbocycles. The minimum Gasteiger partial charge on any atom is -0.481 e. The van der Waals surface area contributed by atoms with Gasteiger partial charge in [0.1, 0.15) is 0 Å². The number of likely N-dealkylation sites (N-methyl/N-ethyl adjacent to an activating group) is 1. The quantitative estimate of drug-likeness (QED) is 0.821. The maximum atomic E-state index is 12.0. The maximum absolute atomic E-state index is 12.0. The van der Waals surface area contributed by atoms with E-state index in [2.05, 4.69) is 0 Å². The highest BCUT2D eigenvalue weighted by molar-refractivity contribution is 6.32. The Morgan fingerprint density at radius 1 is 1.40 bits per heavy atom. The number of amides is 1. The van der Waals surface area contributed by atoms with Gasteiger partial charge in [-0.1, -0.05) is 36.7 Å². The van der Waals surface area contributed by atoms with Gasteiger partial charge in [0.2, 0.25) is 5.91 Å². The van der Waals surface area contributed by atoms with Crippen LogP contribution in [0, 0.1) is 5.92 Å². The first-order valence-electron chi connectivity index (χ1n) is 6.40. The van der Waals surface area contributed by atoms with Crippen LogP contribution >= 0.6 is 11.6 Å². The van der Waals surface area contributed by atoms with Gasteiger partial charge in [-0.15, -0.1) is 0 Å². The van der Waals surface area contributed by atoms with Crippen molar-refractivity contribution in [3.8, 4) is 0 Å². The average molecular weight is 296 g/mol. The molecule has 1 atom stereocenters. The van der Waals surface area contributed by atoms with Crippen LogP contribution in [0.3, 0.4) is 0 Å². The fraction of sp³-hybridized carbons (Fsp3) is 0.333. The second kappa shape index (κ2) is 7.70. The highest BCUT2D eigenvalue weighted by Gasteiger charge is 2.17. The normalized spacial score (nSPS) is 12.3. The Kier molecular flexibility index (Phi) is 6.25. The van der Waals surface area contributed by atoms with E-state index in [0.717, 1.165) is 5.56 Å². The lowest BCUT2D eigenvalue weighted by Gasteiger charge is -2.21. The summed E-state index contributed by atoms with van der Waals surface area (Å²) in [5.41, 5.74) is 0.754. The van der Waals surface area contributed by atoms with E-state index in [1.807, 2.05) is 25.1 Å². The molecule has 0 bridgehead atoms. The molecule has 4 nitrogen and oxygen atoms in total. The van der Waals surface area contributed by atoms with E-state index in [4.69, 9.17) is 16.7 Å². The van der Waals surface area contributed by atoms with Gasteiger partial charge < -0.3 is 10.0 Å². The molecule has 0 saturated heterocycles. The third-order valence-electron chi connectivity index (χ3n) is 2.92. The molecule has 0 spiro atoms. The summed E-state index contributed by atoms with van der Waals surface area (Å²) in [7, 11) is 0. The summed E-state index contributed by atoms with van der Waals surface area (Å²) in [6, 6.07) is 7.20. The van der Waals surface area contributed by atoms with Crippen molar-refractivity contribution in [3.05, 3.63) is 40.9 Å². The van der Waals surface area contributed by atoms with Crippen molar-refractivity contribution in [2.24, 2.45) is 5.92 Å². The van der Waals surface area contributed by atoms with Crippen LogP contribution in [0.15, 0.2) is 30.3 Å². The number of nitrogens with zero attached hydrogens (tertiary/aromatic N) is 1. The van der Waals surface area contributed by atoms with E-state index >= 15 is 0 Å². The summed E-state index contributed by atoms with van der Waals surface area (Å²) in [5, 5.41) is 9.45. The van der Waals surface area contributed by atoms with Crippen LogP contribution in [0.1, 0.15) is 19.4 Å². The second-order valence-electron chi connectivity index (χ2n) is 4.47. The molecule has 0 radical (unpaired) electrons. The smallest absolute Gasteiger partial charge is 0.308 e. The molecule has 20 heavy (non-hydrogen) atoms. The molecule has 1 aromatic rings. The summed E-state index contributed by atoms with van der Waals surface area (Å²) >= 11 is 5.99. The van der Waals surface area contributed by atoms with Gasteiger partial charge in [-0.25, -0.2) is 0 Å². The van der Waals surface area contributed by atoms with Crippen molar-refractivity contribution >= 4 is 29.6 Å². The lowest BCUT2D eigenvalue weighted by atomic mass is 10.1. The van der Waals surface area contributed by atoms with Gasteiger partial charge in [0.25, 0.3) is 0 Å². The van der Waals surface area contributed by atoms with Gasteiger partial charge in [0, 0.05) is 24.2 Å². The standard InChI is InChI=1S/C15H18ClNO3/c1-3-17(10-11(2)15(19)20)14(18)9-8-12-6-4-5-7-13(12)16/h4-9,11H,3,10H2,1-2H3,(H,19,20). The van der Waals surface area contributed by atoms with Gasteiger partial charge in [-0.2, -0.15) is 0 Å². The fourth-order valence-corrected chi connectivity index (χ4v) is 1.86. The molecule has 1 aromatic carbocycles. The van der Waals surface area contributed by atoms with Crippen LogP contribution in [0.5, 0.6) is 0 Å². The molecule has 1 N–H and O–H groups in total. The van der Waals surface area contributed by atoms with Crippen LogP contribution in [0.4, 0.5) is 0 Å². The Morgan fingerprint density at radius 3 is 2.60 bits per heavy atom. The Morgan fingerprint density at radius 2 is 2.05 bits per heavy atom. The summed E-state index contributed by atoms with van der Waals surface area (Å²) in [6.07, 6.45) is 3.05. The van der Waals surface area contributed by atoms with Crippen molar-refractivity contribution in [2.75, 3.05) is 13.1 Å². The molecule has 5 heteroatoms. The van der Waals surface area contributed by atoms with Crippen molar-refractivity contribution in [3.63, 3.8) is 0 Å². The zero-order valence-corrected chi connectivity index (χ0v) is 12.3. The summed E-state index contributed by atoms with van der Waals surface area (Å²) in [6.45, 7) is 4.05. The molecule has 108 valence electrons. The maximum Gasteiger partial charge on any atom is 0.308 e. The number of carboxylic acids is 1. The molecule has 1 amide bonds. The summed E-state index contributed by atoms with van der Waals surface area (Å²) < 4.78 is 0. The van der Waals surface area contributed by atoms with Crippen LogP contribution in [0.25, 0.3) is 6.08 Å². The number of rotatable bonds is 6. The lowest BCUT2D eigenvalue weighted by molar-refractivity contribution is -0.142. The first-order valence-corrected chi connectivity index (χ1v) is 6.77. The van der Waals surface area contributed by atoms with Gasteiger partial charge in [-0.3, -0.25) is 9.59 Å². The number of hydrogen-bond donors (Lipinski definition) is 1. The largest absolute Gasteiger partial charge is 0.481 e. The first-order chi connectivity index (χ1) is 9.45. The van der Waals surface area contributed by atoms with E-state index in [1.165, 1.54) is 11.0 Å². The van der Waals surface area contributed by atoms with Crippen LogP contribution in [-0.4, -0.2) is 35.0 Å². The average Bonchev–Trinajstić information content (AvgIpc) is 2.43. The van der Waals surface area contributed by atoms with E-state index in [9.17, 15) is 9.59 Å². The van der Waals surface area contributed by atoms with Gasteiger partial charge in [0.15, 0.2) is 0 Å². The zero-order valence-electron chi connectivity index (χ0n) is 11.5. The minimum atomic E-state index is -0.911. The Balaban J connectivity index is 2.73. The number of carbonyl (C=O) groups excluding carboxylic acids is 1. The highest BCUT2D eigenvalue weighted by Crippen LogP contribution is 2.16. The molecule has 0 aromatic heterocycles. The lowest BCUT2D eigenvalue weighted by Crippen LogP contribution is -2.35. The summed E-state index contributed by atoms with van der Waals surface area (Å²) in [5.74, 6) is -1.72. The minimum absolute atomic E-state index is 0.192. The monoisotopic (exact) mass is 295 g/mol. The number of benzene rings is 1. The topological polar surface area (TPSA) is 57.6 Å². The third kappa shape index (κ3) is 4.70. The number of carbonyl (C=O) groups is 2. The first kappa shape index (κ1) is 16.2. The molecule has 0 aliphatic carbocycles. The van der Waals surface area contributed by atoms with E-state index in [-0.39, 0.29) is 12.5 Å². The molecule has 0 aliphatic heterocycles. The molecule has 0 heterocycles. The van der Waals surface area contributed by atoms with E-state index in [1.54, 1.807) is 19.1 Å². The zero-order chi connectivity index (χ0) is 15.1.